The molecule has 0 aliphatic carbocycles. The molecule has 9 heteroatoms. The fourth-order valence-corrected chi connectivity index (χ4v) is 4.08. The highest BCUT2D eigenvalue weighted by atomic mass is 32.2. The van der Waals surface area contributed by atoms with Crippen molar-refractivity contribution in [3.05, 3.63) is 59.2 Å². The van der Waals surface area contributed by atoms with E-state index in [4.69, 9.17) is 14.7 Å². The normalized spacial score (nSPS) is 12.7. The fourth-order valence-electron chi connectivity index (χ4n) is 3.38. The van der Waals surface area contributed by atoms with Crippen molar-refractivity contribution in [2.24, 2.45) is 0 Å². The molecular formula is C23H26N6O2S. The zero-order valence-electron chi connectivity index (χ0n) is 18.5. The summed E-state index contributed by atoms with van der Waals surface area (Å²) < 4.78 is 5.23. The van der Waals surface area contributed by atoms with Crippen molar-refractivity contribution in [1.82, 2.24) is 19.9 Å². The van der Waals surface area contributed by atoms with Gasteiger partial charge in [-0.1, -0.05) is 30.8 Å². The molecule has 8 nitrogen and oxygen atoms in total. The lowest BCUT2D eigenvalue weighted by Gasteiger charge is -2.18. The summed E-state index contributed by atoms with van der Waals surface area (Å²) in [5, 5.41) is 4.09. The van der Waals surface area contributed by atoms with E-state index in [1.54, 1.807) is 36.2 Å². The second kappa shape index (κ2) is 9.95. The molecule has 3 aromatic rings. The van der Waals surface area contributed by atoms with E-state index < -0.39 is 0 Å². The minimum absolute atomic E-state index is 0.0000130. The number of carbonyl (C=O) groups is 1. The van der Waals surface area contributed by atoms with Gasteiger partial charge in [0.25, 0.3) is 0 Å². The van der Waals surface area contributed by atoms with Crippen LogP contribution in [-0.4, -0.2) is 38.7 Å². The number of methoxy groups -OCH3 is 1. The topological polar surface area (TPSA) is 93.1 Å². The van der Waals surface area contributed by atoms with Gasteiger partial charge in [0, 0.05) is 35.8 Å². The number of anilines is 2. The molecule has 0 radical (unpaired) electrons. The quantitative estimate of drug-likeness (QED) is 0.389. The van der Waals surface area contributed by atoms with Gasteiger partial charge in [-0.2, -0.15) is 0 Å². The highest BCUT2D eigenvalue weighted by Gasteiger charge is 2.32. The van der Waals surface area contributed by atoms with Gasteiger partial charge >= 0.3 is 0 Å². The van der Waals surface area contributed by atoms with Crippen LogP contribution in [0.15, 0.2) is 41.8 Å². The van der Waals surface area contributed by atoms with Crippen LogP contribution in [0, 0.1) is 6.92 Å². The van der Waals surface area contributed by atoms with E-state index in [1.807, 2.05) is 31.2 Å². The van der Waals surface area contributed by atoms with Crippen molar-refractivity contribution in [1.29, 1.82) is 0 Å². The van der Waals surface area contributed by atoms with Crippen molar-refractivity contribution < 1.29 is 9.53 Å². The molecule has 32 heavy (non-hydrogen) atoms. The molecule has 0 unspecified atom stereocenters. The number of nitrogens with zero attached hydrogens (tertiary/aromatic N) is 5. The molecule has 1 amide bonds. The first-order chi connectivity index (χ1) is 15.6. The molecular weight excluding hydrogens is 424 g/mol. The first-order valence-corrected chi connectivity index (χ1v) is 11.5. The molecule has 1 N–H and O–H groups in total. The summed E-state index contributed by atoms with van der Waals surface area (Å²) >= 11 is 1.60. The average molecular weight is 451 g/mol. The van der Waals surface area contributed by atoms with Crippen LogP contribution in [0.3, 0.4) is 0 Å². The molecule has 1 aromatic carbocycles. The molecule has 1 aliphatic rings. The lowest BCUT2D eigenvalue weighted by Crippen LogP contribution is -2.27. The summed E-state index contributed by atoms with van der Waals surface area (Å²) in [5.74, 6) is 3.81. The Morgan fingerprint density at radius 2 is 1.88 bits per heavy atom. The Morgan fingerprint density at radius 1 is 1.12 bits per heavy atom. The molecule has 0 saturated carbocycles. The monoisotopic (exact) mass is 450 g/mol. The lowest BCUT2D eigenvalue weighted by atomic mass is 10.2. The van der Waals surface area contributed by atoms with Crippen molar-refractivity contribution in [3.8, 4) is 5.75 Å². The van der Waals surface area contributed by atoms with Crippen LogP contribution in [0.25, 0.3) is 0 Å². The van der Waals surface area contributed by atoms with Gasteiger partial charge in [0.05, 0.1) is 20.1 Å². The van der Waals surface area contributed by atoms with Crippen LogP contribution in [0.1, 0.15) is 35.9 Å². The van der Waals surface area contributed by atoms with Crippen LogP contribution in [0.5, 0.6) is 5.75 Å². The van der Waals surface area contributed by atoms with E-state index in [-0.39, 0.29) is 12.3 Å². The number of aromatic nitrogens is 4. The predicted molar refractivity (Wildman–Crippen MR) is 125 cm³/mol. The number of hydrogen-bond donors (Lipinski definition) is 1. The molecule has 166 valence electrons. The van der Waals surface area contributed by atoms with E-state index in [0.29, 0.717) is 35.7 Å². The molecule has 4 rings (SSSR count). The second-order valence-electron chi connectivity index (χ2n) is 7.50. The third-order valence-corrected chi connectivity index (χ3v) is 6.13. The van der Waals surface area contributed by atoms with Gasteiger partial charge in [-0.05, 0) is 31.0 Å². The minimum atomic E-state index is 0.0000130. The molecule has 0 spiro atoms. The van der Waals surface area contributed by atoms with E-state index in [2.05, 4.69) is 22.2 Å². The maximum atomic E-state index is 12.9. The first-order valence-electron chi connectivity index (χ1n) is 10.6. The number of carbonyl (C=O) groups excluding carboxylic acids is 1. The van der Waals surface area contributed by atoms with E-state index >= 15 is 0 Å². The highest BCUT2D eigenvalue weighted by Crippen LogP contribution is 2.35. The standard InChI is InChI=1S/C23H26N6O2S/c1-4-9-32-23-27-21(26-11-16-5-7-18(31-3)8-6-16)19-10-20(30)29(22(19)28-23)14-17-12-24-15(2)25-13-17/h5-8,12-13H,4,9-11,14H2,1-3H3,(H,26,27,28). The predicted octanol–water partition coefficient (Wildman–Crippen LogP) is 3.79. The van der Waals surface area contributed by atoms with Gasteiger partial charge in [0.2, 0.25) is 5.91 Å². The number of rotatable bonds is 9. The smallest absolute Gasteiger partial charge is 0.233 e. The van der Waals surface area contributed by atoms with Gasteiger partial charge in [-0.3, -0.25) is 9.69 Å². The van der Waals surface area contributed by atoms with Crippen molar-refractivity contribution in [2.75, 3.05) is 23.1 Å². The third kappa shape index (κ3) is 4.99. The van der Waals surface area contributed by atoms with Crippen LogP contribution >= 0.6 is 11.8 Å². The Morgan fingerprint density at radius 3 is 2.56 bits per heavy atom. The summed E-state index contributed by atoms with van der Waals surface area (Å²) in [4.78, 5) is 32.6. The number of nitrogens with one attached hydrogen (secondary N) is 1. The van der Waals surface area contributed by atoms with Crippen LogP contribution < -0.4 is 15.0 Å². The number of benzene rings is 1. The van der Waals surface area contributed by atoms with Crippen molar-refractivity contribution >= 4 is 29.3 Å². The van der Waals surface area contributed by atoms with Gasteiger partial charge in [-0.25, -0.2) is 19.9 Å². The maximum Gasteiger partial charge on any atom is 0.233 e. The number of amides is 1. The molecule has 0 fully saturated rings. The molecule has 0 atom stereocenters. The molecule has 0 bridgehead atoms. The fraction of sp³-hybridized carbons (Fsp3) is 0.348. The molecule has 1 aliphatic heterocycles. The summed E-state index contributed by atoms with van der Waals surface area (Å²) in [6.07, 6.45) is 4.80. The Labute approximate surface area is 191 Å². The van der Waals surface area contributed by atoms with Crippen LogP contribution in [0.4, 0.5) is 11.6 Å². The zero-order chi connectivity index (χ0) is 22.5. The van der Waals surface area contributed by atoms with Gasteiger partial charge in [0.1, 0.15) is 23.2 Å². The number of hydrogen-bond acceptors (Lipinski definition) is 8. The van der Waals surface area contributed by atoms with Crippen molar-refractivity contribution in [3.63, 3.8) is 0 Å². The third-order valence-electron chi connectivity index (χ3n) is 5.08. The van der Waals surface area contributed by atoms with E-state index in [1.165, 1.54) is 0 Å². The summed E-state index contributed by atoms with van der Waals surface area (Å²) in [5.41, 5.74) is 2.79. The Balaban J connectivity index is 1.61. The average Bonchev–Trinajstić information content (AvgIpc) is 3.13. The zero-order valence-corrected chi connectivity index (χ0v) is 19.3. The summed E-state index contributed by atoms with van der Waals surface area (Å²) in [6.45, 7) is 4.94. The molecule has 0 saturated heterocycles. The maximum absolute atomic E-state index is 12.9. The van der Waals surface area contributed by atoms with Gasteiger partial charge < -0.3 is 10.1 Å². The Hall–Kier alpha value is -3.20. The molecule has 3 heterocycles. The second-order valence-corrected chi connectivity index (χ2v) is 8.56. The number of aryl methyl sites for hydroxylation is 1. The minimum Gasteiger partial charge on any atom is -0.497 e. The first kappa shape index (κ1) is 22.0. The van der Waals surface area contributed by atoms with E-state index in [9.17, 15) is 4.79 Å². The largest absolute Gasteiger partial charge is 0.497 e. The van der Waals surface area contributed by atoms with Crippen LogP contribution in [0.2, 0.25) is 0 Å². The Kier molecular flexibility index (Phi) is 6.84. The number of ether oxygens (including phenoxy) is 1. The van der Waals surface area contributed by atoms with Crippen LogP contribution in [-0.2, 0) is 24.3 Å². The Bertz CT molecular complexity index is 1090. The van der Waals surface area contributed by atoms with Gasteiger partial charge in [0.15, 0.2) is 5.16 Å². The SMILES string of the molecule is CCCSc1nc(NCc2ccc(OC)cc2)c2c(n1)N(Cc1cnc(C)nc1)C(=O)C2. The highest BCUT2D eigenvalue weighted by molar-refractivity contribution is 7.99. The summed E-state index contributed by atoms with van der Waals surface area (Å²) in [6, 6.07) is 7.88. The number of fused-ring (bicyclic) bond motifs is 1. The van der Waals surface area contributed by atoms with Gasteiger partial charge in [-0.15, -0.1) is 0 Å². The van der Waals surface area contributed by atoms with E-state index in [0.717, 1.165) is 34.6 Å². The molecule has 2 aromatic heterocycles. The van der Waals surface area contributed by atoms with Crippen molar-refractivity contribution in [2.45, 2.75) is 44.9 Å². The summed E-state index contributed by atoms with van der Waals surface area (Å²) in [7, 11) is 1.65. The number of thioether (sulfide) groups is 1. The lowest BCUT2D eigenvalue weighted by molar-refractivity contribution is -0.117.